The van der Waals surface area contributed by atoms with Crippen molar-refractivity contribution in [2.75, 3.05) is 13.1 Å². The van der Waals surface area contributed by atoms with Crippen molar-refractivity contribution in [1.82, 2.24) is 10.6 Å². The molecular weight excluding hydrogens is 320 g/mol. The first-order chi connectivity index (χ1) is 12.8. The van der Waals surface area contributed by atoms with E-state index in [4.69, 9.17) is 10.5 Å². The number of nitrogens with zero attached hydrogens (tertiary/aromatic N) is 2. The van der Waals surface area contributed by atoms with Gasteiger partial charge in [0.2, 0.25) is 0 Å². The highest BCUT2D eigenvalue weighted by Crippen LogP contribution is 1.99. The molecule has 4 nitrogen and oxygen atoms in total. The van der Waals surface area contributed by atoms with Crippen LogP contribution in [0.3, 0.4) is 0 Å². The molecule has 0 spiro atoms. The Hall–Kier alpha value is -2.46. The number of benzene rings is 1. The van der Waals surface area contributed by atoms with Crippen molar-refractivity contribution in [3.8, 4) is 12.1 Å². The van der Waals surface area contributed by atoms with Crippen molar-refractivity contribution >= 4 is 11.4 Å². The van der Waals surface area contributed by atoms with Crippen LogP contribution < -0.4 is 21.1 Å². The standard InChI is InChI=1S/C22H32N4/c1-3-5-7-9-15-25-22(26-16-10-8-6-4-2)20-13-11-19(12-14-20)21(17-23)18-24/h11-14,25-26H,3-10,15-16H2,1-2H3. The van der Waals surface area contributed by atoms with Crippen LogP contribution in [0.1, 0.15) is 65.2 Å². The van der Waals surface area contributed by atoms with E-state index >= 15 is 0 Å². The van der Waals surface area contributed by atoms with Gasteiger partial charge in [-0.05, 0) is 12.8 Å². The topological polar surface area (TPSA) is 71.6 Å². The van der Waals surface area contributed by atoms with Gasteiger partial charge in [-0.3, -0.25) is 0 Å². The van der Waals surface area contributed by atoms with Gasteiger partial charge in [-0.2, -0.15) is 10.5 Å². The first-order valence-corrected chi connectivity index (χ1v) is 9.89. The fourth-order valence-corrected chi connectivity index (χ4v) is 2.75. The van der Waals surface area contributed by atoms with Crippen LogP contribution in [-0.2, 0) is 0 Å². The number of hydrogen-bond acceptors (Lipinski definition) is 4. The molecule has 0 radical (unpaired) electrons. The maximum atomic E-state index is 8.99. The molecule has 1 aromatic rings. The number of unbranched alkanes of at least 4 members (excludes halogenated alkanes) is 6. The van der Waals surface area contributed by atoms with E-state index in [1.807, 2.05) is 36.4 Å². The summed E-state index contributed by atoms with van der Waals surface area (Å²) in [6, 6.07) is 11.5. The molecule has 1 aromatic carbocycles. The molecule has 26 heavy (non-hydrogen) atoms. The van der Waals surface area contributed by atoms with Gasteiger partial charge in [0.05, 0.1) is 0 Å². The summed E-state index contributed by atoms with van der Waals surface area (Å²) in [7, 11) is 0. The van der Waals surface area contributed by atoms with Crippen molar-refractivity contribution in [2.24, 2.45) is 0 Å². The van der Waals surface area contributed by atoms with E-state index in [0.717, 1.165) is 37.0 Å². The van der Waals surface area contributed by atoms with E-state index in [1.165, 1.54) is 38.5 Å². The number of nitrogens with one attached hydrogen (secondary N) is 2. The molecule has 0 aliphatic carbocycles. The van der Waals surface area contributed by atoms with Crippen molar-refractivity contribution in [2.45, 2.75) is 65.2 Å². The monoisotopic (exact) mass is 352 g/mol. The Morgan fingerprint density at radius 2 is 1.19 bits per heavy atom. The van der Waals surface area contributed by atoms with Gasteiger partial charge >= 0.3 is 0 Å². The maximum Gasteiger partial charge on any atom is 0.136 e. The first kappa shape index (κ1) is 21.6. The summed E-state index contributed by atoms with van der Waals surface area (Å²) >= 11 is 0. The molecule has 0 bridgehead atoms. The molecule has 0 atom stereocenters. The molecule has 0 saturated carbocycles. The average Bonchev–Trinajstić information content (AvgIpc) is 2.67. The molecule has 0 saturated heterocycles. The average molecular weight is 353 g/mol. The first-order valence-electron chi connectivity index (χ1n) is 9.89. The predicted octanol–water partition coefficient (Wildman–Crippen LogP) is 3.29. The highest BCUT2D eigenvalue weighted by molar-refractivity contribution is 5.72. The van der Waals surface area contributed by atoms with Crippen LogP contribution in [0.2, 0.25) is 0 Å². The Bertz CT molecular complexity index is 666. The minimum absolute atomic E-state index is 0.151. The van der Waals surface area contributed by atoms with Crippen LogP contribution in [-0.4, -0.2) is 13.1 Å². The number of nitriles is 2. The fraction of sp³-hybridized carbons (Fsp3) is 0.545. The number of rotatable bonds is 12. The van der Waals surface area contributed by atoms with Gasteiger partial charge in [0.1, 0.15) is 23.5 Å². The zero-order valence-corrected chi connectivity index (χ0v) is 16.3. The predicted molar refractivity (Wildman–Crippen MR) is 108 cm³/mol. The molecule has 0 fully saturated rings. The largest absolute Gasteiger partial charge is 0.371 e. The van der Waals surface area contributed by atoms with Gasteiger partial charge in [0.25, 0.3) is 0 Å². The van der Waals surface area contributed by atoms with Crippen LogP contribution >= 0.6 is 0 Å². The smallest absolute Gasteiger partial charge is 0.136 e. The molecule has 140 valence electrons. The second-order valence-corrected chi connectivity index (χ2v) is 6.53. The molecule has 1 rings (SSSR count). The summed E-state index contributed by atoms with van der Waals surface area (Å²) in [5.41, 5.74) is 0.151. The summed E-state index contributed by atoms with van der Waals surface area (Å²) in [4.78, 5) is 0. The molecule has 2 N–H and O–H groups in total. The Morgan fingerprint density at radius 3 is 1.62 bits per heavy atom. The molecule has 0 unspecified atom stereocenters. The van der Waals surface area contributed by atoms with E-state index in [1.54, 1.807) is 0 Å². The summed E-state index contributed by atoms with van der Waals surface area (Å²) in [5, 5.41) is 26.8. The minimum Gasteiger partial charge on any atom is -0.371 e. The van der Waals surface area contributed by atoms with Gasteiger partial charge < -0.3 is 10.6 Å². The number of hydrogen-bond donors (Lipinski definition) is 2. The third kappa shape index (κ3) is 8.08. The second kappa shape index (κ2) is 13.8. The third-order valence-electron chi connectivity index (χ3n) is 4.35. The molecule has 4 heteroatoms. The maximum absolute atomic E-state index is 8.99. The van der Waals surface area contributed by atoms with Crippen molar-refractivity contribution < 1.29 is 0 Å². The lowest BCUT2D eigenvalue weighted by atomic mass is 10.1. The van der Waals surface area contributed by atoms with E-state index in [-0.39, 0.29) is 5.57 Å². The van der Waals surface area contributed by atoms with Crippen LogP contribution in [0.4, 0.5) is 0 Å². The van der Waals surface area contributed by atoms with Crippen molar-refractivity contribution in [1.29, 1.82) is 10.5 Å². The third-order valence-corrected chi connectivity index (χ3v) is 4.35. The zero-order chi connectivity index (χ0) is 19.0. The lowest BCUT2D eigenvalue weighted by Crippen LogP contribution is -2.33. The van der Waals surface area contributed by atoms with Gasteiger partial charge in [-0.25, -0.2) is 0 Å². The van der Waals surface area contributed by atoms with Crippen molar-refractivity contribution in [3.05, 3.63) is 34.7 Å². The highest BCUT2D eigenvalue weighted by Gasteiger charge is 1.99. The molecule has 0 aromatic heterocycles. The zero-order valence-electron chi connectivity index (χ0n) is 16.3. The van der Waals surface area contributed by atoms with E-state index in [2.05, 4.69) is 24.5 Å². The Labute approximate surface area is 158 Å². The summed E-state index contributed by atoms with van der Waals surface area (Å²) in [5.74, 6) is 1.04. The van der Waals surface area contributed by atoms with E-state index in [9.17, 15) is 0 Å². The second-order valence-electron chi connectivity index (χ2n) is 6.53. The van der Waals surface area contributed by atoms with Crippen LogP contribution in [0.25, 0.3) is 11.4 Å². The van der Waals surface area contributed by atoms with Gasteiger partial charge in [-0.1, -0.05) is 76.6 Å². The molecule has 0 aliphatic rings. The lowest BCUT2D eigenvalue weighted by molar-refractivity contribution is 0.618. The van der Waals surface area contributed by atoms with Gasteiger partial charge in [0.15, 0.2) is 0 Å². The highest BCUT2D eigenvalue weighted by atomic mass is 15.1. The van der Waals surface area contributed by atoms with Crippen LogP contribution in [0, 0.1) is 22.7 Å². The fourth-order valence-electron chi connectivity index (χ4n) is 2.75. The Morgan fingerprint density at radius 1 is 0.731 bits per heavy atom. The van der Waals surface area contributed by atoms with Crippen LogP contribution in [0.15, 0.2) is 24.3 Å². The molecule has 0 heterocycles. The van der Waals surface area contributed by atoms with Crippen molar-refractivity contribution in [3.63, 3.8) is 0 Å². The molecule has 0 amide bonds. The molecule has 0 aliphatic heterocycles. The summed E-state index contributed by atoms with van der Waals surface area (Å²) < 4.78 is 0. The van der Waals surface area contributed by atoms with E-state index < -0.39 is 0 Å². The Kier molecular flexibility index (Phi) is 11.4. The van der Waals surface area contributed by atoms with Gasteiger partial charge in [-0.15, -0.1) is 0 Å². The van der Waals surface area contributed by atoms with Gasteiger partial charge in [0, 0.05) is 23.5 Å². The summed E-state index contributed by atoms with van der Waals surface area (Å²) in [6.45, 7) is 6.34. The SMILES string of the molecule is CCCCCCNC(NCCCCCC)=c1ccc(=C(C#N)C#N)cc1. The Balaban J connectivity index is 2.87. The molecular formula is C22H32N4. The normalized spacial score (nSPS) is 9.85. The quantitative estimate of drug-likeness (QED) is 0.566. The minimum atomic E-state index is 0.151. The lowest BCUT2D eigenvalue weighted by Gasteiger charge is -2.14. The van der Waals surface area contributed by atoms with Crippen LogP contribution in [0.5, 0.6) is 0 Å². The van der Waals surface area contributed by atoms with E-state index in [0.29, 0.717) is 5.22 Å². The summed E-state index contributed by atoms with van der Waals surface area (Å²) in [6.07, 6.45) is 9.84.